The van der Waals surface area contributed by atoms with Crippen LogP contribution in [0.15, 0.2) is 115 Å². The molecule has 0 spiro atoms. The van der Waals surface area contributed by atoms with Gasteiger partial charge in [0.25, 0.3) is 0 Å². The van der Waals surface area contributed by atoms with Gasteiger partial charge in [0.2, 0.25) is 0 Å². The Labute approximate surface area is 190 Å². The second-order valence-electron chi connectivity index (χ2n) is 8.29. The van der Waals surface area contributed by atoms with Crippen LogP contribution in [0.25, 0.3) is 11.1 Å². The Bertz CT molecular complexity index is 1070. The first kappa shape index (κ1) is 22.0. The summed E-state index contributed by atoms with van der Waals surface area (Å²) < 4.78 is 17.4. The average Bonchev–Trinajstić information content (AvgIpc) is 2.88. The Morgan fingerprint density at radius 1 is 0.594 bits per heavy atom. The van der Waals surface area contributed by atoms with Crippen molar-refractivity contribution in [3.05, 3.63) is 132 Å². The third kappa shape index (κ3) is 3.99. The molecular weight excluding hydrogens is 395 g/mol. The number of benzene rings is 4. The first-order valence-electron chi connectivity index (χ1n) is 11.3. The van der Waals surface area contributed by atoms with E-state index in [9.17, 15) is 5.11 Å². The number of alkyl halides is 1. The lowest BCUT2D eigenvalue weighted by Gasteiger charge is -2.43. The fourth-order valence-corrected chi connectivity index (χ4v) is 4.49. The molecule has 0 saturated heterocycles. The molecule has 0 amide bonds. The van der Waals surface area contributed by atoms with E-state index >= 15 is 4.39 Å². The summed E-state index contributed by atoms with van der Waals surface area (Å²) in [5, 5.41) is 12.3. The van der Waals surface area contributed by atoms with Crippen molar-refractivity contribution in [3.8, 4) is 11.1 Å². The molecule has 32 heavy (non-hydrogen) atoms. The standard InChI is InChI=1S/C30H29FO/c1-2-3-23-29(31,26-21-19-25(20-22-26)24-13-7-4-8-14-24)30(32,27-15-9-5-10-16-27)28-17-11-6-12-18-28/h4-22,32H,2-3,23H2,1H3. The minimum absolute atomic E-state index is 0.217. The normalized spacial score (nSPS) is 13.5. The van der Waals surface area contributed by atoms with Gasteiger partial charge in [0.05, 0.1) is 0 Å². The van der Waals surface area contributed by atoms with Crippen LogP contribution in [0.4, 0.5) is 4.39 Å². The summed E-state index contributed by atoms with van der Waals surface area (Å²) in [4.78, 5) is 0. The monoisotopic (exact) mass is 424 g/mol. The minimum Gasteiger partial charge on any atom is -0.377 e. The molecule has 0 heterocycles. The second-order valence-corrected chi connectivity index (χ2v) is 8.29. The molecule has 4 rings (SSSR count). The third-order valence-corrected chi connectivity index (χ3v) is 6.28. The zero-order valence-electron chi connectivity index (χ0n) is 18.4. The first-order valence-corrected chi connectivity index (χ1v) is 11.3. The molecule has 1 N–H and O–H groups in total. The molecule has 0 aliphatic rings. The van der Waals surface area contributed by atoms with Crippen molar-refractivity contribution >= 4 is 0 Å². The van der Waals surface area contributed by atoms with Crippen LogP contribution in [0, 0.1) is 0 Å². The van der Waals surface area contributed by atoms with Gasteiger partial charge in [-0.05, 0) is 34.2 Å². The van der Waals surface area contributed by atoms with Gasteiger partial charge in [-0.25, -0.2) is 4.39 Å². The summed E-state index contributed by atoms with van der Waals surface area (Å²) in [5.41, 5.74) is -0.122. The van der Waals surface area contributed by atoms with E-state index in [0.717, 1.165) is 17.5 Å². The van der Waals surface area contributed by atoms with E-state index in [-0.39, 0.29) is 6.42 Å². The number of halogens is 1. The molecule has 0 aliphatic carbocycles. The van der Waals surface area contributed by atoms with Crippen LogP contribution in [0.5, 0.6) is 0 Å². The zero-order chi connectivity index (χ0) is 22.4. The predicted octanol–water partition coefficient (Wildman–Crippen LogP) is 7.64. The third-order valence-electron chi connectivity index (χ3n) is 6.28. The topological polar surface area (TPSA) is 20.2 Å². The maximum absolute atomic E-state index is 17.4. The van der Waals surface area contributed by atoms with Crippen molar-refractivity contribution in [3.63, 3.8) is 0 Å². The van der Waals surface area contributed by atoms with Crippen molar-refractivity contribution in [1.82, 2.24) is 0 Å². The lowest BCUT2D eigenvalue weighted by molar-refractivity contribution is -0.0916. The number of aliphatic hydroxyl groups is 1. The highest BCUT2D eigenvalue weighted by atomic mass is 19.1. The number of unbranched alkanes of at least 4 members (excludes halogenated alkanes) is 1. The van der Waals surface area contributed by atoms with E-state index in [1.54, 1.807) is 0 Å². The maximum Gasteiger partial charge on any atom is 0.172 e. The Morgan fingerprint density at radius 2 is 1.03 bits per heavy atom. The van der Waals surface area contributed by atoms with Crippen LogP contribution in [0.3, 0.4) is 0 Å². The molecule has 0 aliphatic heterocycles. The van der Waals surface area contributed by atoms with Crippen LogP contribution < -0.4 is 0 Å². The van der Waals surface area contributed by atoms with Crippen molar-refractivity contribution in [2.75, 3.05) is 0 Å². The van der Waals surface area contributed by atoms with Gasteiger partial charge in [-0.2, -0.15) is 0 Å². The summed E-state index contributed by atoms with van der Waals surface area (Å²) in [6.07, 6.45) is 1.72. The number of rotatable bonds is 8. The Hall–Kier alpha value is -3.23. The SMILES string of the molecule is CCCCC(F)(c1ccc(-c2ccccc2)cc1)C(O)(c1ccccc1)c1ccccc1. The van der Waals surface area contributed by atoms with Gasteiger partial charge >= 0.3 is 0 Å². The Morgan fingerprint density at radius 3 is 1.50 bits per heavy atom. The molecule has 0 bridgehead atoms. The molecule has 4 aromatic carbocycles. The molecular formula is C30H29FO. The Kier molecular flexibility index (Phi) is 6.53. The fraction of sp³-hybridized carbons (Fsp3) is 0.200. The van der Waals surface area contributed by atoms with E-state index in [0.29, 0.717) is 23.1 Å². The highest BCUT2D eigenvalue weighted by Gasteiger charge is 2.54. The average molecular weight is 425 g/mol. The van der Waals surface area contributed by atoms with Crippen LogP contribution in [-0.4, -0.2) is 5.11 Å². The summed E-state index contributed by atoms with van der Waals surface area (Å²) in [7, 11) is 0. The summed E-state index contributed by atoms with van der Waals surface area (Å²) in [5.74, 6) is 0. The maximum atomic E-state index is 17.4. The highest BCUT2D eigenvalue weighted by molar-refractivity contribution is 5.64. The highest BCUT2D eigenvalue weighted by Crippen LogP contribution is 2.51. The second kappa shape index (κ2) is 9.50. The largest absolute Gasteiger partial charge is 0.377 e. The van der Waals surface area contributed by atoms with Gasteiger partial charge in [-0.1, -0.05) is 135 Å². The first-order chi connectivity index (χ1) is 15.6. The van der Waals surface area contributed by atoms with Crippen molar-refractivity contribution in [2.45, 2.75) is 37.5 Å². The molecule has 0 aromatic heterocycles. The van der Waals surface area contributed by atoms with Crippen LogP contribution >= 0.6 is 0 Å². The van der Waals surface area contributed by atoms with Gasteiger partial charge < -0.3 is 5.11 Å². The van der Waals surface area contributed by atoms with Gasteiger partial charge in [0, 0.05) is 0 Å². The van der Waals surface area contributed by atoms with Gasteiger partial charge in [-0.3, -0.25) is 0 Å². The summed E-state index contributed by atoms with van der Waals surface area (Å²) >= 11 is 0. The van der Waals surface area contributed by atoms with Gasteiger partial charge in [0.1, 0.15) is 0 Å². The Balaban J connectivity index is 1.88. The van der Waals surface area contributed by atoms with Gasteiger partial charge in [-0.15, -0.1) is 0 Å². The minimum atomic E-state index is -2.00. The van der Waals surface area contributed by atoms with E-state index < -0.39 is 11.3 Å². The van der Waals surface area contributed by atoms with Crippen LogP contribution in [0.1, 0.15) is 42.9 Å². The van der Waals surface area contributed by atoms with E-state index in [2.05, 4.69) is 0 Å². The van der Waals surface area contributed by atoms with Crippen LogP contribution in [-0.2, 0) is 11.3 Å². The number of hydrogen-bond donors (Lipinski definition) is 1. The molecule has 0 saturated carbocycles. The fourth-order valence-electron chi connectivity index (χ4n) is 4.49. The van der Waals surface area contributed by atoms with Crippen molar-refractivity contribution in [2.24, 2.45) is 0 Å². The predicted molar refractivity (Wildman–Crippen MR) is 130 cm³/mol. The summed E-state index contributed by atoms with van der Waals surface area (Å²) in [6.45, 7) is 2.04. The molecule has 0 fully saturated rings. The molecule has 4 aromatic rings. The molecule has 1 atom stereocenters. The molecule has 1 unspecified atom stereocenters. The summed E-state index contributed by atoms with van der Waals surface area (Å²) in [6, 6.07) is 36.0. The molecule has 1 nitrogen and oxygen atoms in total. The molecule has 0 radical (unpaired) electrons. The molecule has 162 valence electrons. The lowest BCUT2D eigenvalue weighted by atomic mass is 9.68. The van der Waals surface area contributed by atoms with Crippen LogP contribution in [0.2, 0.25) is 0 Å². The number of hydrogen-bond acceptors (Lipinski definition) is 1. The van der Waals surface area contributed by atoms with E-state index in [4.69, 9.17) is 0 Å². The molecule has 2 heteroatoms. The quantitative estimate of drug-likeness (QED) is 0.308. The van der Waals surface area contributed by atoms with Crippen molar-refractivity contribution < 1.29 is 9.50 Å². The lowest BCUT2D eigenvalue weighted by Crippen LogP contribution is -2.47. The van der Waals surface area contributed by atoms with Gasteiger partial charge in [0.15, 0.2) is 11.3 Å². The van der Waals surface area contributed by atoms with Crippen molar-refractivity contribution in [1.29, 1.82) is 0 Å². The smallest absolute Gasteiger partial charge is 0.172 e. The zero-order valence-corrected chi connectivity index (χ0v) is 18.4. The van der Waals surface area contributed by atoms with E-state index in [1.807, 2.05) is 122 Å². The van der Waals surface area contributed by atoms with E-state index in [1.165, 1.54) is 0 Å².